The second-order valence-corrected chi connectivity index (χ2v) is 20.4. The van der Waals surface area contributed by atoms with Crippen molar-refractivity contribution < 1.29 is 33.0 Å². The fourth-order valence-electron chi connectivity index (χ4n) is 12.5. The van der Waals surface area contributed by atoms with Gasteiger partial charge >= 0.3 is 0 Å². The topological polar surface area (TPSA) is 151 Å². The van der Waals surface area contributed by atoms with Crippen molar-refractivity contribution in [2.75, 3.05) is 93.6 Å². The highest BCUT2D eigenvalue weighted by Crippen LogP contribution is 2.53. The number of carbonyl (C=O) groups is 4. The van der Waals surface area contributed by atoms with Gasteiger partial charge in [0.25, 0.3) is 5.91 Å². The van der Waals surface area contributed by atoms with Crippen molar-refractivity contribution in [2.24, 2.45) is 17.8 Å². The summed E-state index contributed by atoms with van der Waals surface area (Å²) in [6, 6.07) is -1.34. The molecule has 3 saturated carbocycles. The van der Waals surface area contributed by atoms with Crippen molar-refractivity contribution >= 4 is 23.5 Å². The molecule has 0 spiro atoms. The monoisotopic (exact) mass is 870 g/mol. The van der Waals surface area contributed by atoms with Crippen molar-refractivity contribution in [3.05, 3.63) is 11.8 Å². The molecule has 8 rings (SSSR count). The third kappa shape index (κ3) is 10.4. The minimum Gasteiger partial charge on any atom is -0.374 e. The maximum atomic E-state index is 17.0. The predicted molar refractivity (Wildman–Crippen MR) is 234 cm³/mol. The Morgan fingerprint density at radius 2 is 1.40 bits per heavy atom. The van der Waals surface area contributed by atoms with Crippen LogP contribution in [0.2, 0.25) is 0 Å². The van der Waals surface area contributed by atoms with Crippen LogP contribution >= 0.6 is 0 Å². The average molecular weight is 870 g/mol. The van der Waals surface area contributed by atoms with Crippen molar-refractivity contribution in [1.82, 2.24) is 45.8 Å². The molecule has 0 aromatic heterocycles. The fraction of sp³-hybridized carbons (Fsp3) is 0.870. The Kier molecular flexibility index (Phi) is 15.2. The van der Waals surface area contributed by atoms with Crippen LogP contribution < -0.4 is 21.3 Å². The van der Waals surface area contributed by atoms with E-state index in [9.17, 15) is 19.2 Å². The summed E-state index contributed by atoms with van der Waals surface area (Å²) in [7, 11) is 8.23. The van der Waals surface area contributed by atoms with E-state index < -0.39 is 30.3 Å². The van der Waals surface area contributed by atoms with Gasteiger partial charge in [0.2, 0.25) is 11.8 Å². The molecule has 8 aliphatic rings. The molecule has 348 valence electrons. The van der Waals surface area contributed by atoms with Crippen LogP contribution in [0.25, 0.3) is 0 Å². The van der Waals surface area contributed by atoms with E-state index in [2.05, 4.69) is 69.1 Å². The first-order chi connectivity index (χ1) is 29.9. The summed E-state index contributed by atoms with van der Waals surface area (Å²) >= 11 is 0. The molecule has 15 nitrogen and oxygen atoms in total. The van der Waals surface area contributed by atoms with Gasteiger partial charge < -0.3 is 50.3 Å². The SMILES string of the molecule is CN(C)CCCCNCC(=O)N[C@@H]1CCN(C(=O)C2=CN3C4CC5OC6CCCCC6C5CC4OC4C(N5CC[C@@H](NC(=O)CNCCCCN(C)C)C5)C(F)CC(C2=O)C43)C1. The number of nitrogens with zero attached hydrogens (tertiary/aromatic N) is 5. The van der Waals surface area contributed by atoms with Gasteiger partial charge in [-0.1, -0.05) is 12.8 Å². The number of halogens is 1. The zero-order valence-electron chi connectivity index (χ0n) is 37.9. The van der Waals surface area contributed by atoms with Crippen LogP contribution in [0.5, 0.6) is 0 Å². The van der Waals surface area contributed by atoms with Crippen LogP contribution in [0, 0.1) is 17.8 Å². The number of ether oxygens (including phenoxy) is 2. The maximum Gasteiger partial charge on any atom is 0.259 e. The molecule has 11 unspecified atom stereocenters. The molecule has 5 aliphatic heterocycles. The Morgan fingerprint density at radius 3 is 2.10 bits per heavy atom. The highest BCUT2D eigenvalue weighted by Gasteiger charge is 2.62. The summed E-state index contributed by atoms with van der Waals surface area (Å²) in [6.07, 6.45) is 11.9. The van der Waals surface area contributed by atoms with Crippen molar-refractivity contribution in [2.45, 2.75) is 144 Å². The normalized spacial score (nSPS) is 36.6. The van der Waals surface area contributed by atoms with Crippen LogP contribution in [0.3, 0.4) is 0 Å². The average Bonchev–Trinajstić information content (AvgIpc) is 3.99. The lowest BCUT2D eigenvalue weighted by molar-refractivity contribution is -0.220. The molecule has 0 bridgehead atoms. The van der Waals surface area contributed by atoms with Crippen LogP contribution in [0.1, 0.15) is 83.5 Å². The highest BCUT2D eigenvalue weighted by atomic mass is 19.1. The first-order valence-electron chi connectivity index (χ1n) is 24.3. The zero-order valence-corrected chi connectivity index (χ0v) is 37.9. The minimum atomic E-state index is -1.34. The summed E-state index contributed by atoms with van der Waals surface area (Å²) in [5.41, 5.74) is 0.126. The van der Waals surface area contributed by atoms with Gasteiger partial charge in [0.1, 0.15) is 6.17 Å². The van der Waals surface area contributed by atoms with Gasteiger partial charge in [-0.2, -0.15) is 0 Å². The number of morpholine rings is 1. The first kappa shape index (κ1) is 45.8. The summed E-state index contributed by atoms with van der Waals surface area (Å²) < 4.78 is 31.0. The molecule has 62 heavy (non-hydrogen) atoms. The quantitative estimate of drug-likeness (QED) is 0.116. The molecular formula is C46H76FN9O6. The fourth-order valence-corrected chi connectivity index (χ4v) is 12.5. The number of fused-ring (bicyclic) bond motifs is 5. The maximum absolute atomic E-state index is 17.0. The van der Waals surface area contributed by atoms with Crippen LogP contribution in [-0.2, 0) is 28.7 Å². The third-order valence-corrected chi connectivity index (χ3v) is 15.5. The molecular weight excluding hydrogens is 794 g/mol. The first-order valence-corrected chi connectivity index (χ1v) is 24.3. The number of likely N-dealkylation sites (tertiary alicyclic amines) is 2. The van der Waals surface area contributed by atoms with Crippen LogP contribution in [-0.4, -0.2) is 202 Å². The number of carbonyl (C=O) groups excluding carboxylic acids is 4. The number of hydrogen-bond acceptors (Lipinski definition) is 12. The Balaban J connectivity index is 0.940. The number of alkyl halides is 1. The number of unbranched alkanes of at least 4 members (excludes halogenated alkanes) is 2. The predicted octanol–water partition coefficient (Wildman–Crippen LogP) is 1.12. The third-order valence-electron chi connectivity index (χ3n) is 15.5. The molecule has 3 amide bonds. The number of nitrogens with one attached hydrogen (secondary N) is 4. The van der Waals surface area contributed by atoms with Gasteiger partial charge in [-0.25, -0.2) is 4.39 Å². The van der Waals surface area contributed by atoms with E-state index in [0.29, 0.717) is 44.4 Å². The standard InChI is InChI=1S/C46H76FN9O6/c1-52(2)17-9-7-15-48-24-40(57)50-29-13-19-54(26-29)43-35(47)21-33-42-45(43)62-39-22-32-31-11-5-6-12-37(31)61-38(32)23-36(39)56(42)28-34(44(33)59)46(60)55-20-14-30(27-55)51-41(58)25-49-16-8-10-18-53(3)4/h28-33,35-39,42-43,45,48-49H,5-27H2,1-4H3,(H,50,57)(H,51,58)/t29-,30-,31?,32?,33?,35?,36?,37?,38?,39?,42?,43?,45?/m1/s1. The van der Waals surface area contributed by atoms with Gasteiger partial charge in [0.15, 0.2) is 5.78 Å². The molecule has 13 atom stereocenters. The Hall–Kier alpha value is -2.73. The van der Waals surface area contributed by atoms with E-state index in [1.807, 2.05) is 6.20 Å². The number of Topliss-reactive ketones (excluding diaryl/α,β-unsaturated/α-hetero) is 1. The van der Waals surface area contributed by atoms with Crippen LogP contribution in [0.15, 0.2) is 11.8 Å². The van der Waals surface area contributed by atoms with E-state index in [1.54, 1.807) is 4.90 Å². The van der Waals surface area contributed by atoms with Crippen molar-refractivity contribution in [3.63, 3.8) is 0 Å². The van der Waals surface area contributed by atoms with E-state index in [0.717, 1.165) is 77.5 Å². The molecule has 4 N–H and O–H groups in total. The van der Waals surface area contributed by atoms with Gasteiger partial charge in [-0.05, 0) is 137 Å². The van der Waals surface area contributed by atoms with Gasteiger partial charge in [-0.15, -0.1) is 0 Å². The summed E-state index contributed by atoms with van der Waals surface area (Å²) in [5, 5.41) is 12.8. The molecule has 4 saturated heterocycles. The second-order valence-electron chi connectivity index (χ2n) is 20.4. The molecule has 0 aromatic rings. The number of amides is 3. The minimum absolute atomic E-state index is 0.0192. The molecule has 0 radical (unpaired) electrons. The Morgan fingerprint density at radius 1 is 0.742 bits per heavy atom. The molecule has 0 aromatic carbocycles. The van der Waals surface area contributed by atoms with Crippen molar-refractivity contribution in [3.8, 4) is 0 Å². The van der Waals surface area contributed by atoms with Crippen LogP contribution in [0.4, 0.5) is 4.39 Å². The van der Waals surface area contributed by atoms with E-state index in [1.165, 1.54) is 19.3 Å². The Bertz CT molecular complexity index is 1620. The number of hydrogen-bond donors (Lipinski definition) is 4. The lowest BCUT2D eigenvalue weighted by Gasteiger charge is -2.61. The highest BCUT2D eigenvalue weighted by molar-refractivity contribution is 6.20. The lowest BCUT2D eigenvalue weighted by Crippen LogP contribution is -2.73. The molecule has 5 heterocycles. The van der Waals surface area contributed by atoms with Gasteiger partial charge in [0.05, 0.1) is 61.2 Å². The molecule has 3 aliphatic carbocycles. The summed E-state index contributed by atoms with van der Waals surface area (Å²) in [5.74, 6) is -0.596. The smallest absolute Gasteiger partial charge is 0.259 e. The summed E-state index contributed by atoms with van der Waals surface area (Å²) in [6.45, 7) is 5.99. The molecule has 7 fully saturated rings. The lowest BCUT2D eigenvalue weighted by atomic mass is 9.67. The Labute approximate surface area is 368 Å². The summed E-state index contributed by atoms with van der Waals surface area (Å²) in [4.78, 5) is 65.2. The molecule has 16 heteroatoms. The number of ketones is 1. The zero-order chi connectivity index (χ0) is 43.5. The van der Waals surface area contributed by atoms with Crippen molar-refractivity contribution in [1.29, 1.82) is 0 Å². The second kappa shape index (κ2) is 20.6. The van der Waals surface area contributed by atoms with Gasteiger partial charge in [-0.3, -0.25) is 24.1 Å². The van der Waals surface area contributed by atoms with E-state index in [4.69, 9.17) is 9.47 Å². The van der Waals surface area contributed by atoms with E-state index in [-0.39, 0.29) is 85.0 Å². The largest absolute Gasteiger partial charge is 0.374 e. The van der Waals surface area contributed by atoms with E-state index >= 15 is 4.39 Å². The number of rotatable bonds is 18. The van der Waals surface area contributed by atoms with Gasteiger partial charge in [0, 0.05) is 50.4 Å².